The van der Waals surface area contributed by atoms with Gasteiger partial charge in [-0.3, -0.25) is 0 Å². The van der Waals surface area contributed by atoms with E-state index in [9.17, 15) is 0 Å². The minimum Gasteiger partial charge on any atom is -0.487 e. The van der Waals surface area contributed by atoms with E-state index in [1.54, 1.807) is 0 Å². The Morgan fingerprint density at radius 3 is 2.16 bits per heavy atom. The van der Waals surface area contributed by atoms with Gasteiger partial charge in [-0.1, -0.05) is 42.0 Å². The molecule has 2 rings (SSSR count). The van der Waals surface area contributed by atoms with Crippen LogP contribution in [0.25, 0.3) is 0 Å². The number of hydrogen-bond donors (Lipinski definition) is 1. The van der Waals surface area contributed by atoms with Gasteiger partial charge in [0.25, 0.3) is 0 Å². The normalized spacial score (nSPS) is 10.2. The zero-order valence-electron chi connectivity index (χ0n) is 11.0. The number of aliphatic hydroxyl groups is 1. The van der Waals surface area contributed by atoms with E-state index in [4.69, 9.17) is 14.6 Å². The second kappa shape index (κ2) is 6.81. The molecule has 0 saturated carbocycles. The Labute approximate surface area is 113 Å². The average molecular weight is 258 g/mol. The van der Waals surface area contributed by atoms with Crippen LogP contribution in [-0.2, 0) is 6.61 Å². The van der Waals surface area contributed by atoms with Gasteiger partial charge in [0.1, 0.15) is 13.2 Å². The fraction of sp³-hybridized carbons (Fsp3) is 0.250. The van der Waals surface area contributed by atoms with E-state index in [-0.39, 0.29) is 13.2 Å². The molecule has 0 spiro atoms. The fourth-order valence-electron chi connectivity index (χ4n) is 1.69. The number of ether oxygens (including phenoxy) is 2. The summed E-state index contributed by atoms with van der Waals surface area (Å²) < 4.78 is 11.2. The van der Waals surface area contributed by atoms with Crippen LogP contribution in [0.2, 0.25) is 0 Å². The van der Waals surface area contributed by atoms with Crippen LogP contribution in [0.3, 0.4) is 0 Å². The van der Waals surface area contributed by atoms with E-state index in [2.05, 4.69) is 19.1 Å². The molecule has 0 aliphatic carbocycles. The van der Waals surface area contributed by atoms with E-state index in [1.165, 1.54) is 5.56 Å². The molecular formula is C16H18O3. The fourth-order valence-corrected chi connectivity index (χ4v) is 1.69. The van der Waals surface area contributed by atoms with Crippen molar-refractivity contribution in [2.75, 3.05) is 13.2 Å². The van der Waals surface area contributed by atoms with Gasteiger partial charge in [-0.2, -0.15) is 0 Å². The van der Waals surface area contributed by atoms with E-state index >= 15 is 0 Å². The Hall–Kier alpha value is -2.00. The predicted molar refractivity (Wildman–Crippen MR) is 74.5 cm³/mol. The number of aliphatic hydroxyl groups excluding tert-OH is 1. The molecule has 1 N–H and O–H groups in total. The summed E-state index contributed by atoms with van der Waals surface area (Å²) in [5, 5.41) is 8.79. The van der Waals surface area contributed by atoms with Crippen molar-refractivity contribution < 1.29 is 14.6 Å². The standard InChI is InChI=1S/C16H18O3/c1-13-6-8-14(9-7-13)12-19-16-5-3-2-4-15(16)18-11-10-17/h2-9,17H,10-12H2,1H3. The number of para-hydroxylation sites is 2. The van der Waals surface area contributed by atoms with Crippen molar-refractivity contribution in [2.24, 2.45) is 0 Å². The minimum atomic E-state index is -0.00764. The summed E-state index contributed by atoms with van der Waals surface area (Å²) in [6.45, 7) is 2.82. The molecule has 0 bridgehead atoms. The molecule has 0 saturated heterocycles. The Morgan fingerprint density at radius 1 is 0.895 bits per heavy atom. The van der Waals surface area contributed by atoms with Gasteiger partial charge in [0.15, 0.2) is 11.5 Å². The van der Waals surface area contributed by atoms with Gasteiger partial charge >= 0.3 is 0 Å². The SMILES string of the molecule is Cc1ccc(COc2ccccc2OCCO)cc1. The third-order valence-electron chi connectivity index (χ3n) is 2.71. The van der Waals surface area contributed by atoms with Gasteiger partial charge in [0.2, 0.25) is 0 Å². The van der Waals surface area contributed by atoms with Crippen LogP contribution in [0.1, 0.15) is 11.1 Å². The highest BCUT2D eigenvalue weighted by Gasteiger charge is 2.04. The lowest BCUT2D eigenvalue weighted by Crippen LogP contribution is -2.04. The first-order valence-electron chi connectivity index (χ1n) is 6.30. The smallest absolute Gasteiger partial charge is 0.161 e. The van der Waals surface area contributed by atoms with Crippen molar-refractivity contribution in [1.29, 1.82) is 0 Å². The molecule has 100 valence electrons. The first kappa shape index (κ1) is 13.4. The van der Waals surface area contributed by atoms with E-state index in [0.29, 0.717) is 18.1 Å². The minimum absolute atomic E-state index is 0.00764. The summed E-state index contributed by atoms with van der Waals surface area (Å²) in [6, 6.07) is 15.7. The Kier molecular flexibility index (Phi) is 4.81. The number of aryl methyl sites for hydroxylation is 1. The van der Waals surface area contributed by atoms with Crippen molar-refractivity contribution in [2.45, 2.75) is 13.5 Å². The predicted octanol–water partition coefficient (Wildman–Crippen LogP) is 2.95. The summed E-state index contributed by atoms with van der Waals surface area (Å²) in [7, 11) is 0. The number of rotatable bonds is 6. The van der Waals surface area contributed by atoms with Crippen molar-refractivity contribution in [3.05, 3.63) is 59.7 Å². The molecule has 0 aromatic heterocycles. The van der Waals surface area contributed by atoms with Crippen molar-refractivity contribution in [3.63, 3.8) is 0 Å². The van der Waals surface area contributed by atoms with Crippen molar-refractivity contribution >= 4 is 0 Å². The Bertz CT molecular complexity index is 506. The lowest BCUT2D eigenvalue weighted by atomic mass is 10.2. The van der Waals surface area contributed by atoms with E-state index in [0.717, 1.165) is 5.56 Å². The molecule has 0 radical (unpaired) electrons. The van der Waals surface area contributed by atoms with Gasteiger partial charge < -0.3 is 14.6 Å². The highest BCUT2D eigenvalue weighted by molar-refractivity contribution is 5.39. The Morgan fingerprint density at radius 2 is 1.53 bits per heavy atom. The summed E-state index contributed by atoms with van der Waals surface area (Å²) in [5.41, 5.74) is 2.35. The highest BCUT2D eigenvalue weighted by Crippen LogP contribution is 2.27. The molecular weight excluding hydrogens is 240 g/mol. The largest absolute Gasteiger partial charge is 0.487 e. The molecule has 0 unspecified atom stereocenters. The molecule has 0 amide bonds. The van der Waals surface area contributed by atoms with Gasteiger partial charge in [0.05, 0.1) is 6.61 Å². The molecule has 2 aromatic rings. The second-order valence-electron chi connectivity index (χ2n) is 4.29. The third-order valence-corrected chi connectivity index (χ3v) is 2.71. The molecule has 19 heavy (non-hydrogen) atoms. The zero-order valence-corrected chi connectivity index (χ0v) is 11.0. The number of hydrogen-bond acceptors (Lipinski definition) is 3. The monoisotopic (exact) mass is 258 g/mol. The topological polar surface area (TPSA) is 38.7 Å². The van der Waals surface area contributed by atoms with Gasteiger partial charge in [-0.15, -0.1) is 0 Å². The quantitative estimate of drug-likeness (QED) is 0.865. The van der Waals surface area contributed by atoms with E-state index in [1.807, 2.05) is 36.4 Å². The maximum atomic E-state index is 8.79. The van der Waals surface area contributed by atoms with Crippen LogP contribution >= 0.6 is 0 Å². The lowest BCUT2D eigenvalue weighted by Gasteiger charge is -2.12. The van der Waals surface area contributed by atoms with Crippen LogP contribution in [0.4, 0.5) is 0 Å². The molecule has 0 atom stereocenters. The molecule has 0 fully saturated rings. The van der Waals surface area contributed by atoms with Gasteiger partial charge in [-0.05, 0) is 24.6 Å². The maximum absolute atomic E-state index is 8.79. The lowest BCUT2D eigenvalue weighted by molar-refractivity contribution is 0.192. The highest BCUT2D eigenvalue weighted by atomic mass is 16.5. The molecule has 3 heteroatoms. The molecule has 3 nitrogen and oxygen atoms in total. The molecule has 0 aliphatic heterocycles. The summed E-state index contributed by atoms with van der Waals surface area (Å²) in [6.07, 6.45) is 0. The van der Waals surface area contributed by atoms with E-state index < -0.39 is 0 Å². The van der Waals surface area contributed by atoms with Gasteiger partial charge in [-0.25, -0.2) is 0 Å². The first-order valence-corrected chi connectivity index (χ1v) is 6.30. The van der Waals surface area contributed by atoms with Crippen molar-refractivity contribution in [3.8, 4) is 11.5 Å². The van der Waals surface area contributed by atoms with Crippen LogP contribution in [0.15, 0.2) is 48.5 Å². The first-order chi connectivity index (χ1) is 9.29. The third kappa shape index (κ3) is 4.00. The average Bonchev–Trinajstić information content (AvgIpc) is 2.45. The molecule has 2 aromatic carbocycles. The van der Waals surface area contributed by atoms with Crippen LogP contribution in [-0.4, -0.2) is 18.3 Å². The number of benzene rings is 2. The Balaban J connectivity index is 2.00. The second-order valence-corrected chi connectivity index (χ2v) is 4.29. The zero-order chi connectivity index (χ0) is 13.5. The maximum Gasteiger partial charge on any atom is 0.161 e. The van der Waals surface area contributed by atoms with Gasteiger partial charge in [0, 0.05) is 0 Å². The van der Waals surface area contributed by atoms with Crippen LogP contribution in [0.5, 0.6) is 11.5 Å². The summed E-state index contributed by atoms with van der Waals surface area (Å²) in [5.74, 6) is 1.35. The summed E-state index contributed by atoms with van der Waals surface area (Å²) in [4.78, 5) is 0. The molecule has 0 aliphatic rings. The van der Waals surface area contributed by atoms with Crippen LogP contribution in [0, 0.1) is 6.92 Å². The van der Waals surface area contributed by atoms with Crippen LogP contribution < -0.4 is 9.47 Å². The van der Waals surface area contributed by atoms with Crippen molar-refractivity contribution in [1.82, 2.24) is 0 Å². The summed E-state index contributed by atoms with van der Waals surface area (Å²) >= 11 is 0. The molecule has 0 heterocycles.